The molecule has 0 atom stereocenters. The number of amides is 1. The third kappa shape index (κ3) is 4.61. The molecule has 0 saturated heterocycles. The maximum absolute atomic E-state index is 13.0. The van der Waals surface area contributed by atoms with E-state index < -0.39 is 11.7 Å². The van der Waals surface area contributed by atoms with Crippen LogP contribution in [-0.4, -0.2) is 35.3 Å². The quantitative estimate of drug-likeness (QED) is 0.348. The number of Topliss-reactive ketones (excluding diaryl/α,β-unsaturated/α-hetero) is 1. The lowest BCUT2D eigenvalue weighted by molar-refractivity contribution is -0.117. The number of fused-ring (bicyclic) bond motifs is 1. The Balaban J connectivity index is 1.84. The summed E-state index contributed by atoms with van der Waals surface area (Å²) in [5.41, 5.74) is 2.71. The lowest BCUT2D eigenvalue weighted by Gasteiger charge is -2.09. The standard InChI is InChI=1S/C22H23ClN2O3/c1-15(2)28-13-5-11-24-22(27)21(26)20-19(16-7-9-17(23)10-8-16)14-18-6-3-4-12-25(18)20/h3-4,6-10,12,14-15H,5,11,13H2,1-2H3,(H,24,27). The van der Waals surface area contributed by atoms with Crippen LogP contribution in [0.5, 0.6) is 0 Å². The molecule has 1 amide bonds. The smallest absolute Gasteiger partial charge is 0.294 e. The van der Waals surface area contributed by atoms with Crippen molar-refractivity contribution in [2.45, 2.75) is 26.4 Å². The summed E-state index contributed by atoms with van der Waals surface area (Å²) < 4.78 is 7.19. The molecule has 0 aliphatic rings. The fourth-order valence-corrected chi connectivity index (χ4v) is 3.11. The molecule has 0 aliphatic carbocycles. The minimum absolute atomic E-state index is 0.145. The molecule has 146 valence electrons. The van der Waals surface area contributed by atoms with Crippen molar-refractivity contribution in [3.05, 3.63) is 65.4 Å². The van der Waals surface area contributed by atoms with Crippen molar-refractivity contribution in [3.8, 4) is 11.1 Å². The molecule has 3 aromatic rings. The molecule has 0 aliphatic heterocycles. The number of pyridine rings is 1. The molecular formula is C22H23ClN2O3. The number of nitrogens with one attached hydrogen (secondary N) is 1. The Hall–Kier alpha value is -2.63. The summed E-state index contributed by atoms with van der Waals surface area (Å²) in [5.74, 6) is -1.19. The predicted octanol–water partition coefficient (Wildman–Crippen LogP) is 4.37. The number of carbonyl (C=O) groups is 2. The lowest BCUT2D eigenvalue weighted by Crippen LogP contribution is -2.33. The van der Waals surface area contributed by atoms with Gasteiger partial charge in [-0.1, -0.05) is 29.8 Å². The maximum Gasteiger partial charge on any atom is 0.294 e. The van der Waals surface area contributed by atoms with Crippen LogP contribution < -0.4 is 5.32 Å². The fourth-order valence-electron chi connectivity index (χ4n) is 2.99. The summed E-state index contributed by atoms with van der Waals surface area (Å²) in [7, 11) is 0. The minimum atomic E-state index is -0.622. The van der Waals surface area contributed by atoms with Gasteiger partial charge in [-0.05, 0) is 56.2 Å². The summed E-state index contributed by atoms with van der Waals surface area (Å²) in [5, 5.41) is 3.31. The van der Waals surface area contributed by atoms with Crippen molar-refractivity contribution in [1.82, 2.24) is 9.72 Å². The third-order valence-electron chi connectivity index (χ3n) is 4.31. The zero-order chi connectivity index (χ0) is 20.1. The molecule has 5 nitrogen and oxygen atoms in total. The molecule has 1 N–H and O–H groups in total. The number of aromatic nitrogens is 1. The number of ether oxygens (including phenoxy) is 1. The topological polar surface area (TPSA) is 59.8 Å². The number of rotatable bonds is 8. The van der Waals surface area contributed by atoms with Crippen LogP contribution in [0.25, 0.3) is 16.6 Å². The Labute approximate surface area is 169 Å². The molecular weight excluding hydrogens is 376 g/mol. The second kappa shape index (κ2) is 9.04. The van der Waals surface area contributed by atoms with Gasteiger partial charge in [0.1, 0.15) is 5.69 Å². The maximum atomic E-state index is 13.0. The van der Waals surface area contributed by atoms with Crippen LogP contribution in [0.2, 0.25) is 5.02 Å². The predicted molar refractivity (Wildman–Crippen MR) is 111 cm³/mol. The first kappa shape index (κ1) is 20.1. The van der Waals surface area contributed by atoms with Crippen molar-refractivity contribution in [2.24, 2.45) is 0 Å². The molecule has 3 rings (SSSR count). The number of ketones is 1. The molecule has 28 heavy (non-hydrogen) atoms. The Morgan fingerprint density at radius 3 is 2.61 bits per heavy atom. The first-order valence-corrected chi connectivity index (χ1v) is 9.65. The summed E-state index contributed by atoms with van der Waals surface area (Å²) in [6, 6.07) is 14.7. The van der Waals surface area contributed by atoms with Gasteiger partial charge in [0.2, 0.25) is 0 Å². The SMILES string of the molecule is CC(C)OCCCNC(=O)C(=O)c1c(-c2ccc(Cl)cc2)cc2ccccn12. The summed E-state index contributed by atoms with van der Waals surface area (Å²) >= 11 is 5.99. The largest absolute Gasteiger partial charge is 0.379 e. The third-order valence-corrected chi connectivity index (χ3v) is 4.57. The van der Waals surface area contributed by atoms with Crippen molar-refractivity contribution >= 4 is 28.8 Å². The Kier molecular flexibility index (Phi) is 6.49. The highest BCUT2D eigenvalue weighted by Gasteiger charge is 2.24. The van der Waals surface area contributed by atoms with Crippen molar-refractivity contribution < 1.29 is 14.3 Å². The lowest BCUT2D eigenvalue weighted by atomic mass is 10.0. The van der Waals surface area contributed by atoms with Gasteiger partial charge in [-0.15, -0.1) is 0 Å². The number of halogens is 1. The van der Waals surface area contributed by atoms with E-state index in [-0.39, 0.29) is 6.10 Å². The fraction of sp³-hybridized carbons (Fsp3) is 0.273. The number of hydrogen-bond acceptors (Lipinski definition) is 3. The molecule has 2 aromatic heterocycles. The molecule has 2 heterocycles. The van der Waals surface area contributed by atoms with Crippen LogP contribution >= 0.6 is 11.6 Å². The van der Waals surface area contributed by atoms with E-state index >= 15 is 0 Å². The van der Waals surface area contributed by atoms with E-state index in [9.17, 15) is 9.59 Å². The van der Waals surface area contributed by atoms with E-state index in [0.717, 1.165) is 11.1 Å². The number of nitrogens with zero attached hydrogens (tertiary/aromatic N) is 1. The van der Waals surface area contributed by atoms with E-state index in [0.29, 0.717) is 35.9 Å². The monoisotopic (exact) mass is 398 g/mol. The summed E-state index contributed by atoms with van der Waals surface area (Å²) in [6.07, 6.45) is 2.58. The van der Waals surface area contributed by atoms with Crippen LogP contribution in [0.4, 0.5) is 0 Å². The van der Waals surface area contributed by atoms with Gasteiger partial charge in [-0.2, -0.15) is 0 Å². The van der Waals surface area contributed by atoms with Gasteiger partial charge in [0, 0.05) is 35.5 Å². The molecule has 0 unspecified atom stereocenters. The number of carbonyl (C=O) groups excluding carboxylic acids is 2. The van der Waals surface area contributed by atoms with Crippen LogP contribution in [0, 0.1) is 0 Å². The van der Waals surface area contributed by atoms with E-state index in [1.165, 1.54) is 0 Å². The molecule has 1 aromatic carbocycles. The average Bonchev–Trinajstić information content (AvgIpc) is 3.06. The Bertz CT molecular complexity index is 977. The molecule has 6 heteroatoms. The zero-order valence-corrected chi connectivity index (χ0v) is 16.7. The molecule has 0 radical (unpaired) electrons. The number of benzene rings is 1. The number of hydrogen-bond donors (Lipinski definition) is 1. The normalized spacial score (nSPS) is 11.1. The zero-order valence-electron chi connectivity index (χ0n) is 15.9. The summed E-state index contributed by atoms with van der Waals surface area (Å²) in [4.78, 5) is 25.4. The highest BCUT2D eigenvalue weighted by Crippen LogP contribution is 2.29. The Morgan fingerprint density at radius 2 is 1.89 bits per heavy atom. The second-order valence-corrected chi connectivity index (χ2v) is 7.20. The van der Waals surface area contributed by atoms with Crippen molar-refractivity contribution in [1.29, 1.82) is 0 Å². The van der Waals surface area contributed by atoms with Crippen molar-refractivity contribution in [2.75, 3.05) is 13.2 Å². The highest BCUT2D eigenvalue weighted by molar-refractivity contribution is 6.43. The minimum Gasteiger partial charge on any atom is -0.379 e. The van der Waals surface area contributed by atoms with E-state index in [1.807, 2.05) is 50.2 Å². The Morgan fingerprint density at radius 1 is 1.14 bits per heavy atom. The summed E-state index contributed by atoms with van der Waals surface area (Å²) in [6.45, 7) is 4.84. The molecule has 0 saturated carbocycles. The van der Waals surface area contributed by atoms with Gasteiger partial charge >= 0.3 is 0 Å². The first-order chi connectivity index (χ1) is 13.5. The van der Waals surface area contributed by atoms with Gasteiger partial charge in [-0.25, -0.2) is 0 Å². The van der Waals surface area contributed by atoms with Crippen LogP contribution in [0.15, 0.2) is 54.7 Å². The van der Waals surface area contributed by atoms with Crippen LogP contribution in [0.1, 0.15) is 30.8 Å². The van der Waals surface area contributed by atoms with E-state index in [1.54, 1.807) is 22.7 Å². The van der Waals surface area contributed by atoms with E-state index in [4.69, 9.17) is 16.3 Å². The van der Waals surface area contributed by atoms with Gasteiger partial charge in [-0.3, -0.25) is 9.59 Å². The highest BCUT2D eigenvalue weighted by atomic mass is 35.5. The average molecular weight is 399 g/mol. The van der Waals surface area contributed by atoms with E-state index in [2.05, 4.69) is 5.32 Å². The van der Waals surface area contributed by atoms with Gasteiger partial charge in [0.05, 0.1) is 6.10 Å². The van der Waals surface area contributed by atoms with Gasteiger partial charge < -0.3 is 14.5 Å². The first-order valence-electron chi connectivity index (χ1n) is 9.27. The second-order valence-electron chi connectivity index (χ2n) is 6.77. The molecule has 0 spiro atoms. The molecule has 0 fully saturated rings. The van der Waals surface area contributed by atoms with Gasteiger partial charge in [0.15, 0.2) is 0 Å². The van der Waals surface area contributed by atoms with Crippen molar-refractivity contribution in [3.63, 3.8) is 0 Å². The van der Waals surface area contributed by atoms with Crippen LogP contribution in [-0.2, 0) is 9.53 Å². The molecule has 0 bridgehead atoms. The van der Waals surface area contributed by atoms with Crippen LogP contribution in [0.3, 0.4) is 0 Å². The van der Waals surface area contributed by atoms with Gasteiger partial charge in [0.25, 0.3) is 11.7 Å².